The van der Waals surface area contributed by atoms with Crippen molar-refractivity contribution < 1.29 is 18.3 Å². The smallest absolute Gasteiger partial charge is 0.322 e. The highest BCUT2D eigenvalue weighted by molar-refractivity contribution is 7.89. The van der Waals surface area contributed by atoms with Crippen molar-refractivity contribution in [2.24, 2.45) is 0 Å². The zero-order valence-electron chi connectivity index (χ0n) is 18.8. The van der Waals surface area contributed by atoms with Gasteiger partial charge in [0.15, 0.2) is 5.03 Å². The van der Waals surface area contributed by atoms with E-state index in [-0.39, 0.29) is 24.7 Å². The number of carbonyl (C=O) groups is 1. The summed E-state index contributed by atoms with van der Waals surface area (Å²) in [5.74, 6) is -0.664. The van der Waals surface area contributed by atoms with Crippen LogP contribution in [0.25, 0.3) is 11.1 Å². The van der Waals surface area contributed by atoms with Gasteiger partial charge in [0.25, 0.3) is 10.0 Å². The number of aromatic nitrogens is 2. The summed E-state index contributed by atoms with van der Waals surface area (Å²) in [6, 6.07) is 27.4. The van der Waals surface area contributed by atoms with Gasteiger partial charge < -0.3 is 10.4 Å². The monoisotopic (exact) mass is 488 g/mol. The van der Waals surface area contributed by atoms with Gasteiger partial charge in [-0.05, 0) is 41.0 Å². The molecule has 0 aliphatic heterocycles. The molecule has 0 bridgehead atoms. The first-order valence-electron chi connectivity index (χ1n) is 10.9. The van der Waals surface area contributed by atoms with Gasteiger partial charge in [-0.15, -0.1) is 0 Å². The van der Waals surface area contributed by atoms with E-state index < -0.39 is 16.0 Å². The molecule has 0 spiro atoms. The normalized spacial score (nSPS) is 11.3. The Balaban J connectivity index is 1.61. The first-order chi connectivity index (χ1) is 16.9. The fraction of sp³-hybridized carbons (Fsp3) is 0.115. The van der Waals surface area contributed by atoms with Crippen molar-refractivity contribution in [1.29, 1.82) is 0 Å². The molecule has 0 unspecified atom stereocenters. The number of sulfonamides is 1. The molecule has 0 fully saturated rings. The Hall–Kier alpha value is -4.08. The quantitative estimate of drug-likeness (QED) is 0.347. The minimum absolute atomic E-state index is 0.0120. The molecule has 35 heavy (non-hydrogen) atoms. The Bertz CT molecular complexity index is 1380. The Labute approximate surface area is 204 Å². The molecule has 2 aromatic carbocycles. The molecule has 4 aromatic rings. The van der Waals surface area contributed by atoms with Gasteiger partial charge in [-0.25, -0.2) is 18.4 Å². The number of nitrogens with one attached hydrogen (secondary N) is 1. The van der Waals surface area contributed by atoms with Crippen molar-refractivity contribution in [3.05, 3.63) is 108 Å². The summed E-state index contributed by atoms with van der Waals surface area (Å²) in [7, 11) is -3.93. The molecule has 2 aromatic heterocycles. The summed E-state index contributed by atoms with van der Waals surface area (Å²) in [5, 5.41) is 11.5. The van der Waals surface area contributed by atoms with E-state index in [0.29, 0.717) is 11.5 Å². The summed E-state index contributed by atoms with van der Waals surface area (Å²) < 4.78 is 28.3. The second-order valence-corrected chi connectivity index (χ2v) is 9.65. The van der Waals surface area contributed by atoms with E-state index in [9.17, 15) is 13.2 Å². The Morgan fingerprint density at radius 2 is 1.54 bits per heavy atom. The van der Waals surface area contributed by atoms with Gasteiger partial charge in [0.05, 0.1) is 12.2 Å². The number of hydrogen-bond acceptors (Lipinski definition) is 6. The maximum absolute atomic E-state index is 13.5. The molecule has 0 radical (unpaired) electrons. The number of carboxylic acids is 1. The molecular weight excluding hydrogens is 464 g/mol. The van der Waals surface area contributed by atoms with Gasteiger partial charge >= 0.3 is 5.97 Å². The lowest BCUT2D eigenvalue weighted by Crippen LogP contribution is -2.31. The largest absolute Gasteiger partial charge is 0.480 e. The van der Waals surface area contributed by atoms with Gasteiger partial charge in [-0.1, -0.05) is 66.7 Å². The number of rotatable bonds is 10. The van der Waals surface area contributed by atoms with Crippen LogP contribution in [0.1, 0.15) is 11.3 Å². The van der Waals surface area contributed by atoms with Crippen LogP contribution in [0.5, 0.6) is 0 Å². The van der Waals surface area contributed by atoms with Crippen molar-refractivity contribution in [3.8, 4) is 11.1 Å². The second-order valence-electron chi connectivity index (χ2n) is 7.77. The van der Waals surface area contributed by atoms with Gasteiger partial charge in [0.1, 0.15) is 12.4 Å². The maximum Gasteiger partial charge on any atom is 0.322 e. The van der Waals surface area contributed by atoms with E-state index in [0.717, 1.165) is 16.7 Å². The Kier molecular flexibility index (Phi) is 7.49. The molecule has 9 heteroatoms. The SMILES string of the molecule is O=C(O)CNc1cccc(CN(Cc2ccc(-c3ccccc3)cc2)S(=O)(=O)c2ccccn2)n1. The highest BCUT2D eigenvalue weighted by atomic mass is 32.2. The lowest BCUT2D eigenvalue weighted by atomic mass is 10.0. The first-order valence-corrected chi connectivity index (χ1v) is 12.3. The van der Waals surface area contributed by atoms with E-state index >= 15 is 0 Å². The highest BCUT2D eigenvalue weighted by Gasteiger charge is 2.26. The number of pyridine rings is 2. The molecule has 178 valence electrons. The van der Waals surface area contributed by atoms with Gasteiger partial charge in [0, 0.05) is 12.7 Å². The summed E-state index contributed by atoms with van der Waals surface area (Å²) in [6.45, 7) is -0.190. The van der Waals surface area contributed by atoms with Crippen molar-refractivity contribution in [1.82, 2.24) is 14.3 Å². The number of benzene rings is 2. The molecule has 4 rings (SSSR count). The number of carboxylic acid groups (broad SMARTS) is 1. The van der Waals surface area contributed by atoms with Gasteiger partial charge in [-0.3, -0.25) is 4.79 Å². The third kappa shape index (κ3) is 6.28. The molecule has 0 saturated heterocycles. The zero-order chi connectivity index (χ0) is 24.7. The van der Waals surface area contributed by atoms with Crippen molar-refractivity contribution in [2.75, 3.05) is 11.9 Å². The van der Waals surface area contributed by atoms with E-state index in [1.807, 2.05) is 54.6 Å². The van der Waals surface area contributed by atoms with Crippen LogP contribution in [0.2, 0.25) is 0 Å². The molecule has 0 atom stereocenters. The third-order valence-electron chi connectivity index (χ3n) is 5.23. The van der Waals surface area contributed by atoms with Gasteiger partial charge in [-0.2, -0.15) is 4.31 Å². The van der Waals surface area contributed by atoms with Gasteiger partial charge in [0.2, 0.25) is 0 Å². The molecule has 2 N–H and O–H groups in total. The van der Waals surface area contributed by atoms with Crippen LogP contribution in [-0.2, 0) is 27.9 Å². The van der Waals surface area contributed by atoms with Crippen molar-refractivity contribution in [2.45, 2.75) is 18.1 Å². The van der Waals surface area contributed by atoms with E-state index in [1.54, 1.807) is 30.3 Å². The van der Waals surface area contributed by atoms with Crippen LogP contribution in [0, 0.1) is 0 Å². The minimum atomic E-state index is -3.93. The Morgan fingerprint density at radius 3 is 2.23 bits per heavy atom. The van der Waals surface area contributed by atoms with Crippen LogP contribution in [-0.4, -0.2) is 40.3 Å². The number of aliphatic carboxylic acids is 1. The van der Waals surface area contributed by atoms with Crippen LogP contribution < -0.4 is 5.32 Å². The summed E-state index contributed by atoms with van der Waals surface area (Å²) in [4.78, 5) is 19.3. The highest BCUT2D eigenvalue weighted by Crippen LogP contribution is 2.23. The Morgan fingerprint density at radius 1 is 0.829 bits per heavy atom. The number of nitrogens with zero attached hydrogens (tertiary/aromatic N) is 3. The lowest BCUT2D eigenvalue weighted by Gasteiger charge is -2.22. The molecule has 2 heterocycles. The third-order valence-corrected chi connectivity index (χ3v) is 6.94. The average Bonchev–Trinajstić information content (AvgIpc) is 2.89. The van der Waals surface area contributed by atoms with Crippen molar-refractivity contribution in [3.63, 3.8) is 0 Å². The van der Waals surface area contributed by atoms with Crippen LogP contribution in [0.3, 0.4) is 0 Å². The standard InChI is InChI=1S/C26H24N4O4S/c31-26(32)17-28-24-10-6-9-23(29-24)19-30(35(33,34)25-11-4-5-16-27-25)18-20-12-14-22(15-13-20)21-7-2-1-3-8-21/h1-16H,17-19H2,(H,28,29)(H,31,32). The second kappa shape index (κ2) is 10.9. The predicted octanol–water partition coefficient (Wildman–Crippen LogP) is 4.03. The topological polar surface area (TPSA) is 112 Å². The molecule has 0 saturated carbocycles. The van der Waals surface area contributed by atoms with Crippen molar-refractivity contribution >= 4 is 21.8 Å². The zero-order valence-corrected chi connectivity index (χ0v) is 19.6. The molecule has 0 aliphatic rings. The summed E-state index contributed by atoms with van der Waals surface area (Å²) in [5.41, 5.74) is 3.39. The minimum Gasteiger partial charge on any atom is -0.480 e. The predicted molar refractivity (Wildman–Crippen MR) is 133 cm³/mol. The lowest BCUT2D eigenvalue weighted by molar-refractivity contribution is -0.134. The molecule has 0 amide bonds. The maximum atomic E-state index is 13.5. The number of hydrogen-bond donors (Lipinski definition) is 2. The van der Waals surface area contributed by atoms with E-state index in [2.05, 4.69) is 15.3 Å². The van der Waals surface area contributed by atoms with Crippen LogP contribution in [0.4, 0.5) is 5.82 Å². The summed E-state index contributed by atoms with van der Waals surface area (Å²) in [6.07, 6.45) is 1.44. The molecule has 0 aliphatic carbocycles. The average molecular weight is 489 g/mol. The summed E-state index contributed by atoms with van der Waals surface area (Å²) >= 11 is 0. The molecule has 8 nitrogen and oxygen atoms in total. The fourth-order valence-corrected chi connectivity index (χ4v) is 4.84. The van der Waals surface area contributed by atoms with E-state index in [1.165, 1.54) is 16.6 Å². The first kappa shape index (κ1) is 24.1. The van der Waals surface area contributed by atoms with Crippen LogP contribution >= 0.6 is 0 Å². The van der Waals surface area contributed by atoms with E-state index in [4.69, 9.17) is 5.11 Å². The molecular formula is C26H24N4O4S. The van der Waals surface area contributed by atoms with Crippen LogP contribution in [0.15, 0.2) is 102 Å². The number of anilines is 1. The fourth-order valence-electron chi connectivity index (χ4n) is 3.51.